The summed E-state index contributed by atoms with van der Waals surface area (Å²) in [6.07, 6.45) is 0.983. The molecule has 0 bridgehead atoms. The maximum absolute atomic E-state index is 6.26. The third-order valence-corrected chi connectivity index (χ3v) is 4.13. The molecular formula is C20H24N2. The first-order valence-corrected chi connectivity index (χ1v) is 7.52. The summed E-state index contributed by atoms with van der Waals surface area (Å²) in [6.45, 7) is 2.10. The maximum Gasteiger partial charge on any atom is 0.00825 e. The fourth-order valence-electron chi connectivity index (χ4n) is 2.91. The largest absolute Gasteiger partial charge is 0.344 e. The standard InChI is InChI=1S/C20H21N.H3N/c1-15(21)20(13-16-7-3-2-4-8-16)19-12-11-17-9-5-6-10-18(17)14-19;/h2-12,14-15,20H,13,21H2,1H3;1H3/t15?,20-;/m1./s1. The van der Waals surface area contributed by atoms with Crippen molar-refractivity contribution in [3.8, 4) is 0 Å². The molecule has 0 saturated heterocycles. The van der Waals surface area contributed by atoms with Crippen LogP contribution < -0.4 is 11.9 Å². The number of hydrogen-bond acceptors (Lipinski definition) is 2. The molecule has 5 N–H and O–H groups in total. The topological polar surface area (TPSA) is 61.0 Å². The Balaban J connectivity index is 0.00000176. The van der Waals surface area contributed by atoms with E-state index in [4.69, 9.17) is 5.73 Å². The molecule has 0 heterocycles. The van der Waals surface area contributed by atoms with Gasteiger partial charge in [-0.05, 0) is 35.2 Å². The van der Waals surface area contributed by atoms with Crippen molar-refractivity contribution in [2.24, 2.45) is 5.73 Å². The van der Waals surface area contributed by atoms with Crippen LogP contribution >= 0.6 is 0 Å². The van der Waals surface area contributed by atoms with E-state index in [1.54, 1.807) is 0 Å². The number of benzene rings is 3. The summed E-state index contributed by atoms with van der Waals surface area (Å²) >= 11 is 0. The minimum atomic E-state index is 0. The van der Waals surface area contributed by atoms with E-state index in [1.165, 1.54) is 21.9 Å². The van der Waals surface area contributed by atoms with Gasteiger partial charge >= 0.3 is 0 Å². The molecule has 1 unspecified atom stereocenters. The van der Waals surface area contributed by atoms with Crippen LogP contribution in [0.15, 0.2) is 72.8 Å². The van der Waals surface area contributed by atoms with Crippen molar-refractivity contribution in [3.05, 3.63) is 83.9 Å². The fourth-order valence-corrected chi connectivity index (χ4v) is 2.91. The highest BCUT2D eigenvalue weighted by molar-refractivity contribution is 5.83. The molecule has 2 atom stereocenters. The summed E-state index contributed by atoms with van der Waals surface area (Å²) in [6, 6.07) is 25.9. The van der Waals surface area contributed by atoms with Gasteiger partial charge in [0, 0.05) is 12.0 Å². The van der Waals surface area contributed by atoms with Crippen LogP contribution in [0.25, 0.3) is 10.8 Å². The van der Waals surface area contributed by atoms with Gasteiger partial charge in [0.05, 0.1) is 0 Å². The molecule has 2 nitrogen and oxygen atoms in total. The van der Waals surface area contributed by atoms with E-state index >= 15 is 0 Å². The number of fused-ring (bicyclic) bond motifs is 1. The zero-order chi connectivity index (χ0) is 14.7. The Morgan fingerprint density at radius 2 is 1.45 bits per heavy atom. The Labute approximate surface area is 132 Å². The van der Waals surface area contributed by atoms with Crippen LogP contribution in [-0.4, -0.2) is 6.04 Å². The van der Waals surface area contributed by atoms with Crippen molar-refractivity contribution >= 4 is 10.8 Å². The summed E-state index contributed by atoms with van der Waals surface area (Å²) in [7, 11) is 0. The summed E-state index contributed by atoms with van der Waals surface area (Å²) in [5.41, 5.74) is 8.93. The molecule has 3 aromatic rings. The van der Waals surface area contributed by atoms with Gasteiger partial charge in [-0.2, -0.15) is 0 Å². The van der Waals surface area contributed by atoms with E-state index < -0.39 is 0 Å². The third kappa shape index (κ3) is 3.53. The second-order valence-electron chi connectivity index (χ2n) is 5.76. The van der Waals surface area contributed by atoms with Crippen LogP contribution in [0.5, 0.6) is 0 Å². The van der Waals surface area contributed by atoms with Crippen molar-refractivity contribution in [1.29, 1.82) is 0 Å². The van der Waals surface area contributed by atoms with E-state index in [1.807, 2.05) is 0 Å². The van der Waals surface area contributed by atoms with Gasteiger partial charge < -0.3 is 11.9 Å². The predicted molar refractivity (Wildman–Crippen MR) is 95.5 cm³/mol. The summed E-state index contributed by atoms with van der Waals surface area (Å²) in [5.74, 6) is 0.344. The van der Waals surface area contributed by atoms with Gasteiger partial charge in [-0.1, -0.05) is 72.8 Å². The van der Waals surface area contributed by atoms with E-state index in [-0.39, 0.29) is 12.2 Å². The Hall–Kier alpha value is -2.16. The average molecular weight is 292 g/mol. The van der Waals surface area contributed by atoms with Gasteiger partial charge in [0.2, 0.25) is 0 Å². The maximum atomic E-state index is 6.26. The first-order chi connectivity index (χ1) is 10.2. The van der Waals surface area contributed by atoms with Gasteiger partial charge in [-0.25, -0.2) is 0 Å². The van der Waals surface area contributed by atoms with Crippen molar-refractivity contribution in [1.82, 2.24) is 6.15 Å². The highest BCUT2D eigenvalue weighted by atomic mass is 14.6. The lowest BCUT2D eigenvalue weighted by molar-refractivity contribution is 0.565. The molecule has 0 spiro atoms. The van der Waals surface area contributed by atoms with E-state index in [0.717, 1.165) is 6.42 Å². The van der Waals surface area contributed by atoms with Crippen LogP contribution in [0.2, 0.25) is 0 Å². The minimum absolute atomic E-state index is 0. The summed E-state index contributed by atoms with van der Waals surface area (Å²) < 4.78 is 0. The molecule has 0 aliphatic heterocycles. The molecule has 0 radical (unpaired) electrons. The Morgan fingerprint density at radius 1 is 0.818 bits per heavy atom. The predicted octanol–water partition coefficient (Wildman–Crippen LogP) is 4.68. The molecule has 0 aliphatic carbocycles. The number of rotatable bonds is 4. The summed E-state index contributed by atoms with van der Waals surface area (Å²) in [5, 5.41) is 2.57. The fraction of sp³-hybridized carbons (Fsp3) is 0.200. The van der Waals surface area contributed by atoms with Crippen molar-refractivity contribution in [3.63, 3.8) is 0 Å². The lowest BCUT2D eigenvalue weighted by Crippen LogP contribution is -2.26. The van der Waals surface area contributed by atoms with Crippen LogP contribution in [0.1, 0.15) is 24.0 Å². The van der Waals surface area contributed by atoms with Gasteiger partial charge in [0.25, 0.3) is 0 Å². The molecule has 0 amide bonds. The summed E-state index contributed by atoms with van der Waals surface area (Å²) in [4.78, 5) is 0. The Bertz CT molecular complexity index is 720. The van der Waals surface area contributed by atoms with Gasteiger partial charge in [0.1, 0.15) is 0 Å². The number of hydrogen-bond donors (Lipinski definition) is 2. The lowest BCUT2D eigenvalue weighted by atomic mass is 9.86. The molecule has 0 fully saturated rings. The van der Waals surface area contributed by atoms with Crippen LogP contribution in [0.3, 0.4) is 0 Å². The van der Waals surface area contributed by atoms with Crippen LogP contribution in [-0.2, 0) is 6.42 Å². The highest BCUT2D eigenvalue weighted by Crippen LogP contribution is 2.27. The highest BCUT2D eigenvalue weighted by Gasteiger charge is 2.17. The van der Waals surface area contributed by atoms with Crippen molar-refractivity contribution in [2.45, 2.75) is 25.3 Å². The SMILES string of the molecule is CC(N)[C@@H](Cc1ccccc1)c1ccc2ccccc2c1.N. The zero-order valence-electron chi connectivity index (χ0n) is 13.1. The minimum Gasteiger partial charge on any atom is -0.344 e. The van der Waals surface area contributed by atoms with Crippen molar-refractivity contribution < 1.29 is 0 Å². The first kappa shape index (κ1) is 16.2. The molecule has 3 rings (SSSR count). The van der Waals surface area contributed by atoms with Crippen LogP contribution in [0.4, 0.5) is 0 Å². The molecule has 114 valence electrons. The van der Waals surface area contributed by atoms with E-state index in [2.05, 4.69) is 79.7 Å². The van der Waals surface area contributed by atoms with E-state index in [9.17, 15) is 0 Å². The quantitative estimate of drug-likeness (QED) is 0.733. The lowest BCUT2D eigenvalue weighted by Gasteiger charge is -2.22. The molecule has 0 saturated carbocycles. The van der Waals surface area contributed by atoms with Gasteiger partial charge in [-0.3, -0.25) is 0 Å². The van der Waals surface area contributed by atoms with E-state index in [0.29, 0.717) is 5.92 Å². The monoisotopic (exact) mass is 292 g/mol. The second-order valence-corrected chi connectivity index (χ2v) is 5.76. The number of nitrogens with two attached hydrogens (primary N) is 1. The zero-order valence-corrected chi connectivity index (χ0v) is 13.1. The molecule has 0 aliphatic rings. The Kier molecular flexibility index (Phi) is 5.31. The van der Waals surface area contributed by atoms with Gasteiger partial charge in [0.15, 0.2) is 0 Å². The second kappa shape index (κ2) is 7.21. The smallest absolute Gasteiger partial charge is 0.00825 e. The molecule has 0 aromatic heterocycles. The third-order valence-electron chi connectivity index (χ3n) is 4.13. The normalized spacial score (nSPS) is 13.4. The van der Waals surface area contributed by atoms with Crippen molar-refractivity contribution in [2.75, 3.05) is 0 Å². The molecule has 2 heteroatoms. The van der Waals surface area contributed by atoms with Gasteiger partial charge in [-0.15, -0.1) is 0 Å². The Morgan fingerprint density at radius 3 is 2.14 bits per heavy atom. The molecular weight excluding hydrogens is 268 g/mol. The average Bonchev–Trinajstić information content (AvgIpc) is 2.53. The molecule has 22 heavy (non-hydrogen) atoms. The van der Waals surface area contributed by atoms with Crippen LogP contribution in [0, 0.1) is 0 Å². The molecule has 3 aromatic carbocycles. The first-order valence-electron chi connectivity index (χ1n) is 7.52.